The zero-order chi connectivity index (χ0) is 8.81. The van der Waals surface area contributed by atoms with Crippen molar-refractivity contribution in [2.75, 3.05) is 46.9 Å². The molecule has 0 unspecified atom stereocenters. The minimum Gasteiger partial charge on any atom is -0.379 e. The first-order chi connectivity index (χ1) is 5.79. The Labute approximate surface area is 75.3 Å². The third kappa shape index (κ3) is 4.04. The Morgan fingerprint density at radius 1 is 1.33 bits per heavy atom. The van der Waals surface area contributed by atoms with E-state index in [-0.39, 0.29) is 0 Å². The lowest BCUT2D eigenvalue weighted by Crippen LogP contribution is -2.34. The molecule has 0 N–H and O–H groups in total. The van der Waals surface area contributed by atoms with E-state index in [9.17, 15) is 0 Å². The van der Waals surface area contributed by atoms with Gasteiger partial charge < -0.3 is 9.64 Å². The van der Waals surface area contributed by atoms with Crippen LogP contribution < -0.4 is 0 Å². The van der Waals surface area contributed by atoms with Crippen LogP contribution in [0.1, 0.15) is 6.42 Å². The minimum absolute atomic E-state index is 0.887. The van der Waals surface area contributed by atoms with Crippen molar-refractivity contribution in [1.29, 1.82) is 0 Å². The third-order valence-electron chi connectivity index (χ3n) is 2.01. The molecule has 0 amide bonds. The zero-order valence-electron chi connectivity index (χ0n) is 8.12. The summed E-state index contributed by atoms with van der Waals surface area (Å²) in [6.07, 6.45) is 1.15. The molecule has 1 saturated heterocycles. The smallest absolute Gasteiger partial charge is 0.0594 e. The molecule has 12 heavy (non-hydrogen) atoms. The molecule has 0 aromatic heterocycles. The van der Waals surface area contributed by atoms with Gasteiger partial charge in [-0.2, -0.15) is 0 Å². The minimum atomic E-state index is 0.887. The summed E-state index contributed by atoms with van der Waals surface area (Å²) in [6, 6.07) is 0. The zero-order valence-corrected chi connectivity index (χ0v) is 8.12. The monoisotopic (exact) mass is 171 g/mol. The lowest BCUT2D eigenvalue weighted by molar-refractivity contribution is 0.0495. The van der Waals surface area contributed by atoms with Gasteiger partial charge in [-0.15, -0.1) is 0 Å². The van der Waals surface area contributed by atoms with E-state index in [1.54, 1.807) is 0 Å². The lowest BCUT2D eigenvalue weighted by atomic mass is 10.3. The number of morpholine rings is 1. The Morgan fingerprint density at radius 3 is 2.58 bits per heavy atom. The van der Waals surface area contributed by atoms with E-state index in [1.807, 2.05) is 0 Å². The van der Waals surface area contributed by atoms with Gasteiger partial charge in [0.05, 0.1) is 13.2 Å². The average molecular weight is 171 g/mol. The highest BCUT2D eigenvalue weighted by molar-refractivity contribution is 4.71. The topological polar surface area (TPSA) is 15.7 Å². The van der Waals surface area contributed by atoms with E-state index < -0.39 is 0 Å². The van der Waals surface area contributed by atoms with Gasteiger partial charge in [0.1, 0.15) is 0 Å². The molecule has 1 radical (unpaired) electrons. The van der Waals surface area contributed by atoms with Crippen LogP contribution in [0.15, 0.2) is 0 Å². The third-order valence-corrected chi connectivity index (χ3v) is 2.01. The van der Waals surface area contributed by atoms with Gasteiger partial charge in [-0.3, -0.25) is 4.90 Å². The first-order valence-corrected chi connectivity index (χ1v) is 4.59. The van der Waals surface area contributed by atoms with Crippen LogP contribution in [0.5, 0.6) is 0 Å². The van der Waals surface area contributed by atoms with Gasteiger partial charge in [0.25, 0.3) is 0 Å². The van der Waals surface area contributed by atoms with E-state index in [0.717, 1.165) is 39.3 Å². The van der Waals surface area contributed by atoms with Crippen LogP contribution in [0.2, 0.25) is 0 Å². The summed E-state index contributed by atoms with van der Waals surface area (Å²) in [5.41, 5.74) is 0. The maximum atomic E-state index is 5.26. The molecular weight excluding hydrogens is 152 g/mol. The van der Waals surface area contributed by atoms with Gasteiger partial charge >= 0.3 is 0 Å². The maximum Gasteiger partial charge on any atom is 0.0594 e. The Hall–Kier alpha value is -0.120. The summed E-state index contributed by atoms with van der Waals surface area (Å²) in [5, 5.41) is 0. The molecule has 1 rings (SSSR count). The summed E-state index contributed by atoms with van der Waals surface area (Å²) >= 11 is 0. The highest BCUT2D eigenvalue weighted by Gasteiger charge is 2.09. The molecule has 0 aromatic rings. The van der Waals surface area contributed by atoms with Crippen molar-refractivity contribution in [1.82, 2.24) is 9.80 Å². The van der Waals surface area contributed by atoms with Crippen LogP contribution in [0.3, 0.4) is 0 Å². The van der Waals surface area contributed by atoms with Crippen LogP contribution >= 0.6 is 0 Å². The Kier molecular flexibility index (Phi) is 4.58. The second-order valence-electron chi connectivity index (χ2n) is 3.42. The van der Waals surface area contributed by atoms with Gasteiger partial charge in [-0.1, -0.05) is 0 Å². The van der Waals surface area contributed by atoms with Crippen molar-refractivity contribution in [3.8, 4) is 0 Å². The Morgan fingerprint density at radius 2 is 2.00 bits per heavy atom. The van der Waals surface area contributed by atoms with Crippen LogP contribution in [0.25, 0.3) is 0 Å². The standard InChI is InChI=1S/C9H19N2O/c1-10(2)4-3-5-11-6-8-12-9-7-11/h5H,3-4,6-9H2,1-2H3. The average Bonchev–Trinajstić information content (AvgIpc) is 2.05. The molecule has 1 aliphatic rings. The van der Waals surface area contributed by atoms with E-state index in [0.29, 0.717) is 0 Å². The van der Waals surface area contributed by atoms with Crippen LogP contribution in [-0.4, -0.2) is 56.7 Å². The van der Waals surface area contributed by atoms with E-state index in [4.69, 9.17) is 4.74 Å². The van der Waals surface area contributed by atoms with Crippen molar-refractivity contribution in [3.05, 3.63) is 6.54 Å². The molecule has 0 aliphatic carbocycles. The maximum absolute atomic E-state index is 5.26. The van der Waals surface area contributed by atoms with E-state index in [2.05, 4.69) is 30.4 Å². The lowest BCUT2D eigenvalue weighted by Gasteiger charge is -2.26. The van der Waals surface area contributed by atoms with Crippen molar-refractivity contribution < 1.29 is 4.74 Å². The molecule has 0 atom stereocenters. The number of hydrogen-bond donors (Lipinski definition) is 0. The van der Waals surface area contributed by atoms with E-state index in [1.165, 1.54) is 0 Å². The van der Waals surface area contributed by atoms with Gasteiger partial charge in [0.2, 0.25) is 0 Å². The van der Waals surface area contributed by atoms with Crippen molar-refractivity contribution in [3.63, 3.8) is 0 Å². The molecule has 71 valence electrons. The highest BCUT2D eigenvalue weighted by atomic mass is 16.5. The quantitative estimate of drug-likeness (QED) is 0.610. The first-order valence-electron chi connectivity index (χ1n) is 4.59. The summed E-state index contributed by atoms with van der Waals surface area (Å²) in [6.45, 7) is 7.33. The highest BCUT2D eigenvalue weighted by Crippen LogP contribution is 2.02. The summed E-state index contributed by atoms with van der Waals surface area (Å²) < 4.78 is 5.26. The largest absolute Gasteiger partial charge is 0.379 e. The van der Waals surface area contributed by atoms with Gasteiger partial charge in [0.15, 0.2) is 0 Å². The summed E-state index contributed by atoms with van der Waals surface area (Å²) in [7, 11) is 4.21. The predicted molar refractivity (Wildman–Crippen MR) is 49.9 cm³/mol. The van der Waals surface area contributed by atoms with Gasteiger partial charge in [0, 0.05) is 19.6 Å². The fraction of sp³-hybridized carbons (Fsp3) is 0.889. The Balaban J connectivity index is 1.98. The van der Waals surface area contributed by atoms with E-state index >= 15 is 0 Å². The van der Waals surface area contributed by atoms with Crippen molar-refractivity contribution >= 4 is 0 Å². The van der Waals surface area contributed by atoms with Crippen molar-refractivity contribution in [2.45, 2.75) is 6.42 Å². The predicted octanol–water partition coefficient (Wildman–Crippen LogP) is 0.432. The molecule has 1 fully saturated rings. The molecule has 0 aromatic carbocycles. The fourth-order valence-corrected chi connectivity index (χ4v) is 1.26. The van der Waals surface area contributed by atoms with Crippen LogP contribution in [0, 0.1) is 6.54 Å². The summed E-state index contributed by atoms with van der Waals surface area (Å²) in [4.78, 5) is 4.56. The fourth-order valence-electron chi connectivity index (χ4n) is 1.26. The van der Waals surface area contributed by atoms with Crippen molar-refractivity contribution in [2.24, 2.45) is 0 Å². The normalized spacial score (nSPS) is 20.2. The summed E-state index contributed by atoms with van der Waals surface area (Å²) in [5.74, 6) is 0. The van der Waals surface area contributed by atoms with Crippen LogP contribution in [-0.2, 0) is 4.74 Å². The van der Waals surface area contributed by atoms with Gasteiger partial charge in [-0.25, -0.2) is 0 Å². The number of rotatable bonds is 4. The van der Waals surface area contributed by atoms with Crippen LogP contribution in [0.4, 0.5) is 0 Å². The number of ether oxygens (including phenoxy) is 1. The molecule has 3 heteroatoms. The van der Waals surface area contributed by atoms with Gasteiger partial charge in [-0.05, 0) is 27.1 Å². The Bertz CT molecular complexity index is 111. The molecule has 0 saturated carbocycles. The SMILES string of the molecule is CN(C)CC[CH]N1CCOCC1. The molecule has 3 nitrogen and oxygen atoms in total. The molecule has 1 heterocycles. The molecule has 0 bridgehead atoms. The molecule has 0 spiro atoms. The number of hydrogen-bond acceptors (Lipinski definition) is 3. The second kappa shape index (κ2) is 5.51. The first kappa shape index (κ1) is 9.96. The molecular formula is C9H19N2O. The molecule has 1 aliphatic heterocycles. The number of nitrogens with zero attached hydrogens (tertiary/aromatic N) is 2. The second-order valence-corrected chi connectivity index (χ2v) is 3.42.